The number of nitrogens with two attached hydrogens (primary N) is 3. The molecule has 7 nitrogen and oxygen atoms in total. The Bertz CT molecular complexity index is 391. The Morgan fingerprint density at radius 1 is 1.16 bits per heavy atom. The lowest BCUT2D eigenvalue weighted by molar-refractivity contribution is -0.127. The average Bonchev–Trinajstić information content (AvgIpc) is 2.72. The molecule has 0 amide bonds. The summed E-state index contributed by atoms with van der Waals surface area (Å²) in [6, 6.07) is 10.0. The van der Waals surface area contributed by atoms with Crippen molar-refractivity contribution in [3.63, 3.8) is 0 Å². The predicted molar refractivity (Wildman–Crippen MR) is 103 cm³/mol. The SMILES string of the molecule is CN.CN.CN.O=CC1C(CCO)OCCN1CCc1ccccc1. The zero-order valence-electron chi connectivity index (χ0n) is 15.8. The number of benzene rings is 1. The van der Waals surface area contributed by atoms with Crippen molar-refractivity contribution in [2.45, 2.75) is 25.0 Å². The average molecular weight is 357 g/mol. The molecule has 1 heterocycles. The number of ether oxygens (including phenoxy) is 1. The van der Waals surface area contributed by atoms with Crippen LogP contribution in [0.5, 0.6) is 0 Å². The maximum absolute atomic E-state index is 11.3. The van der Waals surface area contributed by atoms with Gasteiger partial charge in [-0.3, -0.25) is 4.90 Å². The standard InChI is InChI=1S/C15H21NO3.3CH5N/c17-10-7-15-14(12-18)16(9-11-19-15)8-6-13-4-2-1-3-5-13;3*1-2/h1-5,12,14-15,17H,6-11H2;3*2H2,1H3. The third kappa shape index (κ3) is 10.3. The van der Waals surface area contributed by atoms with Crippen molar-refractivity contribution in [1.29, 1.82) is 0 Å². The largest absolute Gasteiger partial charge is 0.396 e. The summed E-state index contributed by atoms with van der Waals surface area (Å²) in [6.45, 7) is 2.31. The van der Waals surface area contributed by atoms with E-state index in [9.17, 15) is 4.79 Å². The van der Waals surface area contributed by atoms with E-state index in [-0.39, 0.29) is 18.8 Å². The van der Waals surface area contributed by atoms with Gasteiger partial charge in [0.05, 0.1) is 18.8 Å². The molecule has 0 bridgehead atoms. The Kier molecular flexibility index (Phi) is 19.7. The van der Waals surface area contributed by atoms with Gasteiger partial charge < -0.3 is 31.8 Å². The van der Waals surface area contributed by atoms with Crippen LogP contribution in [-0.4, -0.2) is 75.9 Å². The Morgan fingerprint density at radius 2 is 1.76 bits per heavy atom. The number of morpholine rings is 1. The highest BCUT2D eigenvalue weighted by molar-refractivity contribution is 5.59. The van der Waals surface area contributed by atoms with E-state index in [1.54, 1.807) is 0 Å². The van der Waals surface area contributed by atoms with Crippen LogP contribution >= 0.6 is 0 Å². The van der Waals surface area contributed by atoms with Crippen molar-refractivity contribution in [3.8, 4) is 0 Å². The lowest BCUT2D eigenvalue weighted by atomic mass is 10.0. The van der Waals surface area contributed by atoms with Gasteiger partial charge in [0.2, 0.25) is 0 Å². The van der Waals surface area contributed by atoms with Gasteiger partial charge in [-0.15, -0.1) is 0 Å². The van der Waals surface area contributed by atoms with Crippen molar-refractivity contribution < 1.29 is 14.6 Å². The second kappa shape index (κ2) is 19.0. The fourth-order valence-electron chi connectivity index (χ4n) is 2.54. The van der Waals surface area contributed by atoms with Crippen molar-refractivity contribution in [3.05, 3.63) is 35.9 Å². The quantitative estimate of drug-likeness (QED) is 0.511. The normalized spacial score (nSPS) is 19.2. The monoisotopic (exact) mass is 356 g/mol. The van der Waals surface area contributed by atoms with Crippen LogP contribution in [0.4, 0.5) is 0 Å². The topological polar surface area (TPSA) is 128 Å². The molecular weight excluding hydrogens is 320 g/mol. The molecule has 25 heavy (non-hydrogen) atoms. The first kappa shape index (κ1) is 25.9. The maximum Gasteiger partial charge on any atom is 0.139 e. The van der Waals surface area contributed by atoms with E-state index >= 15 is 0 Å². The molecule has 0 saturated carbocycles. The fraction of sp³-hybridized carbons (Fsp3) is 0.611. The van der Waals surface area contributed by atoms with Crippen LogP contribution in [0, 0.1) is 0 Å². The Morgan fingerprint density at radius 3 is 2.28 bits per heavy atom. The van der Waals surface area contributed by atoms with E-state index in [0.717, 1.165) is 25.8 Å². The third-order valence-electron chi connectivity index (χ3n) is 3.60. The molecule has 1 aliphatic heterocycles. The van der Waals surface area contributed by atoms with Gasteiger partial charge in [-0.05, 0) is 39.5 Å². The summed E-state index contributed by atoms with van der Waals surface area (Å²) in [5.74, 6) is 0. The van der Waals surface area contributed by atoms with E-state index in [2.05, 4.69) is 34.2 Å². The van der Waals surface area contributed by atoms with Crippen molar-refractivity contribution in [1.82, 2.24) is 4.90 Å². The minimum absolute atomic E-state index is 0.0571. The Balaban J connectivity index is 0. The Labute approximate surface area is 152 Å². The number of carbonyl (C=O) groups is 1. The molecule has 146 valence electrons. The number of rotatable bonds is 6. The number of aldehydes is 1. The summed E-state index contributed by atoms with van der Waals surface area (Å²) in [7, 11) is 4.50. The van der Waals surface area contributed by atoms with Crippen molar-refractivity contribution in [2.24, 2.45) is 17.2 Å². The van der Waals surface area contributed by atoms with Gasteiger partial charge in [-0.1, -0.05) is 30.3 Å². The van der Waals surface area contributed by atoms with Gasteiger partial charge >= 0.3 is 0 Å². The van der Waals surface area contributed by atoms with Crippen LogP contribution in [0.15, 0.2) is 30.3 Å². The van der Waals surface area contributed by atoms with Gasteiger partial charge in [-0.2, -0.15) is 0 Å². The highest BCUT2D eigenvalue weighted by Gasteiger charge is 2.31. The molecule has 2 rings (SSSR count). The van der Waals surface area contributed by atoms with Gasteiger partial charge in [0, 0.05) is 19.7 Å². The molecule has 7 heteroatoms. The van der Waals surface area contributed by atoms with Crippen LogP contribution in [-0.2, 0) is 16.0 Å². The summed E-state index contributed by atoms with van der Waals surface area (Å²) >= 11 is 0. The second-order valence-electron chi connectivity index (χ2n) is 4.82. The maximum atomic E-state index is 11.3. The van der Waals surface area contributed by atoms with Crippen LogP contribution in [0.25, 0.3) is 0 Å². The van der Waals surface area contributed by atoms with Crippen LogP contribution in [0.1, 0.15) is 12.0 Å². The number of hydrogen-bond donors (Lipinski definition) is 4. The summed E-state index contributed by atoms with van der Waals surface area (Å²) in [5.41, 5.74) is 14.8. The molecule has 7 N–H and O–H groups in total. The smallest absolute Gasteiger partial charge is 0.139 e. The molecule has 1 saturated heterocycles. The highest BCUT2D eigenvalue weighted by atomic mass is 16.5. The zero-order valence-corrected chi connectivity index (χ0v) is 15.8. The number of hydrogen-bond acceptors (Lipinski definition) is 7. The van der Waals surface area contributed by atoms with Crippen molar-refractivity contribution >= 4 is 6.29 Å². The van der Waals surface area contributed by atoms with Crippen LogP contribution in [0.3, 0.4) is 0 Å². The first-order valence-corrected chi connectivity index (χ1v) is 8.54. The number of carbonyl (C=O) groups excluding carboxylic acids is 1. The fourth-order valence-corrected chi connectivity index (χ4v) is 2.54. The van der Waals surface area contributed by atoms with E-state index in [0.29, 0.717) is 13.0 Å². The van der Waals surface area contributed by atoms with Crippen molar-refractivity contribution in [2.75, 3.05) is 47.4 Å². The summed E-state index contributed by atoms with van der Waals surface area (Å²) in [4.78, 5) is 13.4. The van der Waals surface area contributed by atoms with Gasteiger partial charge in [0.25, 0.3) is 0 Å². The zero-order chi connectivity index (χ0) is 19.5. The molecular formula is C18H36N4O3. The van der Waals surface area contributed by atoms with Crippen LogP contribution in [0.2, 0.25) is 0 Å². The molecule has 0 aliphatic carbocycles. The van der Waals surface area contributed by atoms with Gasteiger partial charge in [0.1, 0.15) is 6.29 Å². The van der Waals surface area contributed by atoms with E-state index < -0.39 is 0 Å². The van der Waals surface area contributed by atoms with E-state index in [1.165, 1.54) is 26.7 Å². The first-order chi connectivity index (χ1) is 12.3. The lowest BCUT2D eigenvalue weighted by Gasteiger charge is -2.38. The summed E-state index contributed by atoms with van der Waals surface area (Å²) in [5, 5.41) is 9.01. The van der Waals surface area contributed by atoms with Gasteiger partial charge in [0.15, 0.2) is 0 Å². The molecule has 0 radical (unpaired) electrons. The van der Waals surface area contributed by atoms with Gasteiger partial charge in [-0.25, -0.2) is 0 Å². The Hall–Kier alpha value is -1.35. The molecule has 2 atom stereocenters. The lowest BCUT2D eigenvalue weighted by Crippen LogP contribution is -2.53. The van der Waals surface area contributed by atoms with Crippen LogP contribution < -0.4 is 17.2 Å². The predicted octanol–water partition coefficient (Wildman–Crippen LogP) is -0.395. The summed E-state index contributed by atoms with van der Waals surface area (Å²) < 4.78 is 5.57. The molecule has 2 unspecified atom stereocenters. The minimum Gasteiger partial charge on any atom is -0.396 e. The number of nitrogens with zero attached hydrogens (tertiary/aromatic N) is 1. The highest BCUT2D eigenvalue weighted by Crippen LogP contribution is 2.16. The third-order valence-corrected chi connectivity index (χ3v) is 3.60. The summed E-state index contributed by atoms with van der Waals surface area (Å²) in [6.07, 6.45) is 2.22. The van der Waals surface area contributed by atoms with E-state index in [4.69, 9.17) is 9.84 Å². The van der Waals surface area contributed by atoms with E-state index in [1.807, 2.05) is 18.2 Å². The first-order valence-electron chi connectivity index (χ1n) is 8.54. The second-order valence-corrected chi connectivity index (χ2v) is 4.82. The number of aliphatic hydroxyl groups is 1. The minimum atomic E-state index is -0.232. The number of aliphatic hydroxyl groups excluding tert-OH is 1. The molecule has 0 aromatic heterocycles. The molecule has 1 fully saturated rings. The molecule has 0 spiro atoms. The molecule has 1 aromatic carbocycles. The molecule has 1 aliphatic rings. The molecule has 1 aromatic rings.